The van der Waals surface area contributed by atoms with Crippen molar-refractivity contribution in [3.05, 3.63) is 93.7 Å². The van der Waals surface area contributed by atoms with Crippen LogP contribution >= 0.6 is 35.0 Å². The number of carbonyl (C=O) groups excluding carboxylic acids is 2. The Morgan fingerprint density at radius 1 is 1.00 bits per heavy atom. The van der Waals surface area contributed by atoms with E-state index in [1.165, 1.54) is 23.8 Å². The topological polar surface area (TPSA) is 98.1 Å². The molecule has 0 aliphatic rings. The van der Waals surface area contributed by atoms with Gasteiger partial charge < -0.3 is 15.4 Å². The lowest BCUT2D eigenvalue weighted by Crippen LogP contribution is -2.27. The van der Waals surface area contributed by atoms with Gasteiger partial charge >= 0.3 is 6.18 Å². The molecule has 0 bridgehead atoms. The summed E-state index contributed by atoms with van der Waals surface area (Å²) < 4.78 is 46.8. The zero-order chi connectivity index (χ0) is 28.9. The molecule has 0 unspecified atom stereocenters. The minimum Gasteiger partial charge on any atom is -0.497 e. The lowest BCUT2D eigenvalue weighted by Gasteiger charge is -2.14. The van der Waals surface area contributed by atoms with Gasteiger partial charge in [-0.3, -0.25) is 14.2 Å². The second kappa shape index (κ2) is 12.6. The zero-order valence-corrected chi connectivity index (χ0v) is 23.0. The number of anilines is 1. The zero-order valence-electron chi connectivity index (χ0n) is 20.6. The Kier molecular flexibility index (Phi) is 9.23. The van der Waals surface area contributed by atoms with Crippen LogP contribution in [0.15, 0.2) is 71.9 Å². The predicted octanol–water partition coefficient (Wildman–Crippen LogP) is 6.26. The third kappa shape index (κ3) is 7.06. The number of ether oxygens (including phenoxy) is 1. The largest absolute Gasteiger partial charge is 0.497 e. The molecule has 0 aliphatic carbocycles. The highest BCUT2D eigenvalue weighted by Gasteiger charge is 2.34. The third-order valence-electron chi connectivity index (χ3n) is 5.45. The molecule has 0 atom stereocenters. The van der Waals surface area contributed by atoms with E-state index in [0.717, 1.165) is 23.9 Å². The molecule has 2 amide bonds. The molecule has 8 nitrogen and oxygen atoms in total. The highest BCUT2D eigenvalue weighted by molar-refractivity contribution is 7.99. The van der Waals surface area contributed by atoms with E-state index in [1.807, 2.05) is 0 Å². The number of benzene rings is 3. The first-order valence-electron chi connectivity index (χ1n) is 11.5. The first-order chi connectivity index (χ1) is 19.1. The number of methoxy groups -OCH3 is 1. The molecule has 0 aliphatic heterocycles. The van der Waals surface area contributed by atoms with Crippen LogP contribution in [0.4, 0.5) is 18.9 Å². The fraction of sp³-hybridized carbons (Fsp3) is 0.154. The second-order valence-corrected chi connectivity index (χ2v) is 9.88. The quantitative estimate of drug-likeness (QED) is 0.217. The van der Waals surface area contributed by atoms with Crippen molar-refractivity contribution in [3.63, 3.8) is 0 Å². The highest BCUT2D eigenvalue weighted by Crippen LogP contribution is 2.32. The summed E-state index contributed by atoms with van der Waals surface area (Å²) in [4.78, 5) is 25.3. The highest BCUT2D eigenvalue weighted by atomic mass is 35.5. The summed E-state index contributed by atoms with van der Waals surface area (Å²) in [6, 6.07) is 16.0. The van der Waals surface area contributed by atoms with Crippen LogP contribution in [0.5, 0.6) is 5.75 Å². The van der Waals surface area contributed by atoms with Gasteiger partial charge in [0, 0.05) is 5.69 Å². The van der Waals surface area contributed by atoms with Crippen LogP contribution in [-0.4, -0.2) is 39.4 Å². The number of nitrogens with one attached hydrogen (secondary N) is 2. The molecule has 0 fully saturated rings. The summed E-state index contributed by atoms with van der Waals surface area (Å²) in [5.74, 6) is -0.475. The number of nitrogens with zero attached hydrogens (tertiary/aromatic N) is 3. The van der Waals surface area contributed by atoms with Gasteiger partial charge in [-0.05, 0) is 54.6 Å². The molecule has 1 heterocycles. The number of thioether (sulfide) groups is 1. The summed E-state index contributed by atoms with van der Waals surface area (Å²) in [7, 11) is 1.54. The number of hydrogen-bond donors (Lipinski definition) is 2. The SMILES string of the molecule is COc1ccc(NC(=O)CSc2nnc(CNC(=O)c3ccccc3C(F)(F)F)n2-c2ccc(Cl)c(Cl)c2)cc1. The van der Waals surface area contributed by atoms with Gasteiger partial charge in [-0.25, -0.2) is 0 Å². The van der Waals surface area contributed by atoms with Gasteiger partial charge in [0.2, 0.25) is 5.91 Å². The molecule has 4 aromatic rings. The van der Waals surface area contributed by atoms with E-state index in [4.69, 9.17) is 27.9 Å². The van der Waals surface area contributed by atoms with Crippen LogP contribution in [0, 0.1) is 0 Å². The standard InChI is InChI=1S/C26H20Cl2F3N5O3S/c1-39-17-9-6-15(7-10-17)33-23(37)14-40-25-35-34-22(36(25)16-8-11-20(27)21(28)12-16)13-32-24(38)18-4-2-3-5-19(18)26(29,30)31/h2-12H,13-14H2,1H3,(H,32,38)(H,33,37). The van der Waals surface area contributed by atoms with Gasteiger partial charge in [0.1, 0.15) is 5.75 Å². The number of alkyl halides is 3. The number of halogens is 5. The lowest BCUT2D eigenvalue weighted by molar-refractivity contribution is -0.138. The van der Waals surface area contributed by atoms with Gasteiger partial charge in [0.05, 0.1) is 46.3 Å². The molecule has 208 valence electrons. The molecule has 40 heavy (non-hydrogen) atoms. The predicted molar refractivity (Wildman–Crippen MR) is 146 cm³/mol. The molecular weight excluding hydrogens is 590 g/mol. The maximum Gasteiger partial charge on any atom is 0.417 e. The molecule has 3 aromatic carbocycles. The maximum absolute atomic E-state index is 13.4. The van der Waals surface area contributed by atoms with Gasteiger partial charge in [0.15, 0.2) is 11.0 Å². The van der Waals surface area contributed by atoms with Crippen molar-refractivity contribution in [2.45, 2.75) is 17.9 Å². The first kappa shape index (κ1) is 29.2. The number of rotatable bonds is 9. The minimum absolute atomic E-state index is 0.0448. The molecule has 0 spiro atoms. The van der Waals surface area contributed by atoms with E-state index in [2.05, 4.69) is 20.8 Å². The molecular formula is C26H20Cl2F3N5O3S. The maximum atomic E-state index is 13.4. The molecule has 0 saturated carbocycles. The molecule has 14 heteroatoms. The first-order valence-corrected chi connectivity index (χ1v) is 13.2. The van der Waals surface area contributed by atoms with Crippen molar-refractivity contribution in [2.75, 3.05) is 18.2 Å². The van der Waals surface area contributed by atoms with E-state index in [9.17, 15) is 22.8 Å². The Hall–Kier alpha value is -3.74. The average molecular weight is 610 g/mol. The Labute approximate surface area is 240 Å². The second-order valence-electron chi connectivity index (χ2n) is 8.12. The van der Waals surface area contributed by atoms with Crippen molar-refractivity contribution in [1.82, 2.24) is 20.1 Å². The van der Waals surface area contributed by atoms with Crippen LogP contribution in [0.2, 0.25) is 10.0 Å². The van der Waals surface area contributed by atoms with Crippen LogP contribution in [0.25, 0.3) is 5.69 Å². The van der Waals surface area contributed by atoms with E-state index in [0.29, 0.717) is 22.1 Å². The molecule has 2 N–H and O–H groups in total. The summed E-state index contributed by atoms with van der Waals surface area (Å²) in [6.45, 7) is -0.267. The molecule has 4 rings (SSSR count). The van der Waals surface area contributed by atoms with Crippen molar-refractivity contribution >= 4 is 52.5 Å². The smallest absolute Gasteiger partial charge is 0.417 e. The summed E-state index contributed by atoms with van der Waals surface area (Å²) >= 11 is 13.3. The van der Waals surface area contributed by atoms with Crippen molar-refractivity contribution < 1.29 is 27.5 Å². The summed E-state index contributed by atoms with van der Waals surface area (Å²) in [5.41, 5.74) is -0.546. The lowest BCUT2D eigenvalue weighted by atomic mass is 10.1. The Morgan fingerprint density at radius 2 is 1.73 bits per heavy atom. The number of aromatic nitrogens is 3. The Balaban J connectivity index is 1.54. The van der Waals surface area contributed by atoms with E-state index >= 15 is 0 Å². The number of carbonyl (C=O) groups is 2. The average Bonchev–Trinajstić information content (AvgIpc) is 3.34. The van der Waals surface area contributed by atoms with E-state index in [1.54, 1.807) is 42.5 Å². The van der Waals surface area contributed by atoms with Crippen LogP contribution < -0.4 is 15.4 Å². The monoisotopic (exact) mass is 609 g/mol. The number of hydrogen-bond acceptors (Lipinski definition) is 6. The van der Waals surface area contributed by atoms with Crippen molar-refractivity contribution in [2.24, 2.45) is 0 Å². The Bertz CT molecular complexity index is 1530. The minimum atomic E-state index is -4.70. The fourth-order valence-corrected chi connectivity index (χ4v) is 4.64. The van der Waals surface area contributed by atoms with Gasteiger partial charge in [0.25, 0.3) is 5.91 Å². The summed E-state index contributed by atoms with van der Waals surface area (Å²) in [6.07, 6.45) is -4.70. The normalized spacial score (nSPS) is 11.2. The van der Waals surface area contributed by atoms with Crippen LogP contribution in [0.3, 0.4) is 0 Å². The van der Waals surface area contributed by atoms with E-state index in [-0.39, 0.29) is 34.2 Å². The molecule has 0 saturated heterocycles. The number of amides is 2. The summed E-state index contributed by atoms with van der Waals surface area (Å²) in [5, 5.41) is 14.3. The van der Waals surface area contributed by atoms with Crippen LogP contribution in [0.1, 0.15) is 21.7 Å². The van der Waals surface area contributed by atoms with Gasteiger partial charge in [-0.15, -0.1) is 10.2 Å². The van der Waals surface area contributed by atoms with E-state index < -0.39 is 23.2 Å². The van der Waals surface area contributed by atoms with Crippen molar-refractivity contribution in [3.8, 4) is 11.4 Å². The molecule has 1 aromatic heterocycles. The fourth-order valence-electron chi connectivity index (χ4n) is 3.58. The molecule has 0 radical (unpaired) electrons. The van der Waals surface area contributed by atoms with Crippen LogP contribution in [-0.2, 0) is 17.5 Å². The van der Waals surface area contributed by atoms with Crippen molar-refractivity contribution in [1.29, 1.82) is 0 Å². The Morgan fingerprint density at radius 3 is 2.40 bits per heavy atom. The van der Waals surface area contributed by atoms with Gasteiger partial charge in [-0.1, -0.05) is 47.1 Å². The third-order valence-corrected chi connectivity index (χ3v) is 7.12. The van der Waals surface area contributed by atoms with Gasteiger partial charge in [-0.2, -0.15) is 13.2 Å².